The van der Waals surface area contributed by atoms with Crippen LogP contribution in [0.5, 0.6) is 0 Å². The molecule has 576 valence electrons. The first-order valence-electron chi connectivity index (χ1n) is 39.1. The van der Waals surface area contributed by atoms with E-state index >= 15 is 0 Å². The SMILES string of the molecule is CC/C=C\C/C=C\C/C=C\C/C=C\CCCCC(=O)OCC(COP(=O)(O)OCC(O)COP(=O)(O)OCC(COC(=O)CCCCCCC/C=C\C/C=C\C/C=C\CC)OC(=O)CCCCCCCCCCCCCCCCC)OC(=O)CCCCCCC/C=C\C/C=C\CCCCC. The number of aliphatic hydroxyl groups excluding tert-OH is 1. The lowest BCUT2D eigenvalue weighted by atomic mass is 10.0. The van der Waals surface area contributed by atoms with Crippen LogP contribution in [0.4, 0.5) is 0 Å². The van der Waals surface area contributed by atoms with Crippen molar-refractivity contribution in [2.45, 2.75) is 341 Å². The third kappa shape index (κ3) is 72.1. The molecule has 0 saturated heterocycles. The highest BCUT2D eigenvalue weighted by atomic mass is 31.2. The number of hydrogen-bond acceptors (Lipinski definition) is 15. The van der Waals surface area contributed by atoms with Crippen LogP contribution < -0.4 is 0 Å². The Morgan fingerprint density at radius 3 is 0.840 bits per heavy atom. The number of phosphoric ester groups is 2. The molecule has 17 nitrogen and oxygen atoms in total. The van der Waals surface area contributed by atoms with E-state index in [-0.39, 0.29) is 25.7 Å². The van der Waals surface area contributed by atoms with Crippen molar-refractivity contribution in [3.8, 4) is 0 Å². The molecule has 0 aliphatic carbocycles. The summed E-state index contributed by atoms with van der Waals surface area (Å²) < 4.78 is 68.5. The van der Waals surface area contributed by atoms with E-state index in [2.05, 4.69) is 137 Å². The van der Waals surface area contributed by atoms with E-state index in [9.17, 15) is 43.2 Å². The van der Waals surface area contributed by atoms with Crippen molar-refractivity contribution in [3.05, 3.63) is 109 Å². The Hall–Kier alpha value is -4.28. The normalized spacial score (nSPS) is 14.5. The molecular weight excluding hydrogens is 1310 g/mol. The highest BCUT2D eigenvalue weighted by Crippen LogP contribution is 2.45. The number of esters is 4. The zero-order valence-corrected chi connectivity index (χ0v) is 64.6. The number of hydrogen-bond donors (Lipinski definition) is 3. The predicted octanol–water partition coefficient (Wildman–Crippen LogP) is 22.6. The van der Waals surface area contributed by atoms with Gasteiger partial charge in [0, 0.05) is 25.7 Å². The Morgan fingerprint density at radius 1 is 0.290 bits per heavy atom. The highest BCUT2D eigenvalue weighted by molar-refractivity contribution is 7.47. The maximum atomic E-state index is 13.1. The molecule has 0 aliphatic heterocycles. The van der Waals surface area contributed by atoms with E-state index in [4.69, 9.17) is 37.0 Å². The highest BCUT2D eigenvalue weighted by Gasteiger charge is 2.30. The first kappa shape index (κ1) is 95.7. The summed E-state index contributed by atoms with van der Waals surface area (Å²) in [5, 5.41) is 10.6. The van der Waals surface area contributed by atoms with Gasteiger partial charge in [-0.3, -0.25) is 37.3 Å². The van der Waals surface area contributed by atoms with Gasteiger partial charge in [0.15, 0.2) is 12.2 Å². The third-order valence-electron chi connectivity index (χ3n) is 16.2. The largest absolute Gasteiger partial charge is 0.472 e. The molecule has 0 aromatic rings. The Bertz CT molecular complexity index is 2320. The molecule has 0 fully saturated rings. The van der Waals surface area contributed by atoms with E-state index in [0.717, 1.165) is 161 Å². The molecule has 100 heavy (non-hydrogen) atoms. The number of ether oxygens (including phenoxy) is 4. The van der Waals surface area contributed by atoms with Crippen LogP contribution in [0.25, 0.3) is 0 Å². The molecule has 0 radical (unpaired) electrons. The molecule has 0 aromatic carbocycles. The Morgan fingerprint density at radius 2 is 0.520 bits per heavy atom. The van der Waals surface area contributed by atoms with Crippen LogP contribution in [0.1, 0.15) is 323 Å². The van der Waals surface area contributed by atoms with Crippen LogP contribution in [0, 0.1) is 0 Å². The maximum Gasteiger partial charge on any atom is 0.472 e. The molecule has 19 heteroatoms. The third-order valence-corrected chi connectivity index (χ3v) is 18.1. The van der Waals surface area contributed by atoms with Crippen LogP contribution in [-0.4, -0.2) is 96.7 Å². The zero-order valence-electron chi connectivity index (χ0n) is 62.8. The number of carbonyl (C=O) groups is 4. The Labute approximate surface area is 607 Å². The monoisotopic (exact) mass is 1450 g/mol. The summed E-state index contributed by atoms with van der Waals surface area (Å²) in [5.74, 6) is -2.24. The summed E-state index contributed by atoms with van der Waals surface area (Å²) in [5.41, 5.74) is 0. The summed E-state index contributed by atoms with van der Waals surface area (Å²) >= 11 is 0. The summed E-state index contributed by atoms with van der Waals surface area (Å²) in [6, 6.07) is 0. The molecule has 0 aromatic heterocycles. The summed E-state index contributed by atoms with van der Waals surface area (Å²) in [7, 11) is -9.97. The molecular formula is C81H140O17P2. The van der Waals surface area contributed by atoms with Crippen LogP contribution >= 0.6 is 15.6 Å². The van der Waals surface area contributed by atoms with Gasteiger partial charge in [-0.25, -0.2) is 9.13 Å². The second-order valence-corrected chi connectivity index (χ2v) is 28.8. The van der Waals surface area contributed by atoms with Crippen molar-refractivity contribution in [1.82, 2.24) is 0 Å². The summed E-state index contributed by atoms with van der Waals surface area (Å²) in [6.45, 7) is 4.57. The molecule has 0 saturated carbocycles. The zero-order chi connectivity index (χ0) is 73.2. The predicted molar refractivity (Wildman–Crippen MR) is 408 cm³/mol. The van der Waals surface area contributed by atoms with Gasteiger partial charge in [0.05, 0.1) is 26.4 Å². The fourth-order valence-corrected chi connectivity index (χ4v) is 11.9. The van der Waals surface area contributed by atoms with Gasteiger partial charge in [-0.2, -0.15) is 0 Å². The second kappa shape index (κ2) is 73.0. The van der Waals surface area contributed by atoms with E-state index in [0.29, 0.717) is 25.7 Å². The summed E-state index contributed by atoms with van der Waals surface area (Å²) in [6.07, 6.45) is 77.9. The smallest absolute Gasteiger partial charge is 0.462 e. The van der Waals surface area contributed by atoms with Crippen molar-refractivity contribution >= 4 is 39.5 Å². The maximum absolute atomic E-state index is 13.1. The van der Waals surface area contributed by atoms with Crippen molar-refractivity contribution in [3.63, 3.8) is 0 Å². The number of aliphatic hydroxyl groups is 1. The van der Waals surface area contributed by atoms with E-state index in [1.807, 2.05) is 0 Å². The van der Waals surface area contributed by atoms with E-state index in [1.165, 1.54) is 83.5 Å². The van der Waals surface area contributed by atoms with Crippen molar-refractivity contribution in [2.75, 3.05) is 39.6 Å². The van der Waals surface area contributed by atoms with Gasteiger partial charge in [0.2, 0.25) is 0 Å². The molecule has 5 atom stereocenters. The first-order chi connectivity index (χ1) is 48.7. The van der Waals surface area contributed by atoms with Gasteiger partial charge in [-0.1, -0.05) is 278 Å². The lowest BCUT2D eigenvalue weighted by molar-refractivity contribution is -0.161. The molecule has 0 bridgehead atoms. The van der Waals surface area contributed by atoms with Crippen LogP contribution in [0.3, 0.4) is 0 Å². The number of allylic oxidation sites excluding steroid dienone is 18. The lowest BCUT2D eigenvalue weighted by Crippen LogP contribution is -2.30. The standard InChI is InChI=1S/C81H140O17P2/c1-5-9-13-17-21-25-29-33-37-41-45-49-53-57-61-65-78(83)91-71-76(97-80(85)67-63-59-55-51-47-43-39-35-31-27-23-19-15-11-7-3)73-95-99(87,88)93-69-75(82)70-94-100(89,90)96-74-77(98-81(86)68-64-60-56-52-48-44-40-36-32-28-24-20-16-12-8-4)72-92-79(84)66-62-58-54-50-46-42-38-34-30-26-22-18-14-10-6-2/h9-10,13-14,21-23,25-27,33-35,37-39,45,49,75-77,82H,5-8,11-12,15-20,24,28-32,36,40-44,46-48,50-74H2,1-4H3,(H,87,88)(H,89,90)/b13-9-,14-10-,25-21-,26-22-,27-23-,37-33-,38-34-,39-35-,49-45-. The molecule has 0 heterocycles. The average molecular weight is 1450 g/mol. The van der Waals surface area contributed by atoms with Gasteiger partial charge in [-0.05, 0) is 128 Å². The Balaban J connectivity index is 5.40. The van der Waals surface area contributed by atoms with E-state index < -0.39 is 97.5 Å². The number of carbonyl (C=O) groups excluding carboxylic acids is 4. The van der Waals surface area contributed by atoms with E-state index in [1.54, 1.807) is 0 Å². The molecule has 0 spiro atoms. The number of rotatable bonds is 73. The molecule has 0 amide bonds. The molecule has 0 aliphatic rings. The van der Waals surface area contributed by atoms with Crippen molar-refractivity contribution < 1.29 is 80.2 Å². The van der Waals surface area contributed by atoms with Gasteiger partial charge in [0.25, 0.3) is 0 Å². The van der Waals surface area contributed by atoms with Crippen molar-refractivity contribution in [2.24, 2.45) is 0 Å². The quantitative estimate of drug-likeness (QED) is 0.0169. The van der Waals surface area contributed by atoms with Crippen molar-refractivity contribution in [1.29, 1.82) is 0 Å². The molecule has 5 unspecified atom stereocenters. The Kier molecular flexibility index (Phi) is 69.9. The lowest BCUT2D eigenvalue weighted by Gasteiger charge is -2.21. The molecule has 3 N–H and O–H groups in total. The minimum Gasteiger partial charge on any atom is -0.462 e. The minimum atomic E-state index is -4.99. The minimum absolute atomic E-state index is 0.0687. The van der Waals surface area contributed by atoms with Crippen LogP contribution in [0.2, 0.25) is 0 Å². The topological polar surface area (TPSA) is 237 Å². The van der Waals surface area contributed by atoms with Gasteiger partial charge >= 0.3 is 39.5 Å². The molecule has 0 rings (SSSR count). The first-order valence-corrected chi connectivity index (χ1v) is 42.1. The van der Waals surface area contributed by atoms with Gasteiger partial charge in [-0.15, -0.1) is 0 Å². The fraction of sp³-hybridized carbons (Fsp3) is 0.728. The number of phosphoric acid groups is 2. The fourth-order valence-electron chi connectivity index (χ4n) is 10.3. The van der Waals surface area contributed by atoms with Crippen LogP contribution in [-0.2, 0) is 65.4 Å². The number of unbranched alkanes of at least 4 members (excludes halogenated alkanes) is 29. The van der Waals surface area contributed by atoms with Crippen LogP contribution in [0.15, 0.2) is 109 Å². The second-order valence-electron chi connectivity index (χ2n) is 25.9. The van der Waals surface area contributed by atoms with Gasteiger partial charge < -0.3 is 33.8 Å². The average Bonchev–Trinajstić information content (AvgIpc) is 1.01. The summed E-state index contributed by atoms with van der Waals surface area (Å²) in [4.78, 5) is 72.9. The van der Waals surface area contributed by atoms with Gasteiger partial charge in [0.1, 0.15) is 19.3 Å².